The van der Waals surface area contributed by atoms with Crippen molar-refractivity contribution in [1.29, 1.82) is 0 Å². The van der Waals surface area contributed by atoms with Gasteiger partial charge in [0, 0.05) is 30.1 Å². The molecule has 17 atom stereocenters. The Morgan fingerprint density at radius 2 is 1.33 bits per heavy atom. The Morgan fingerprint density at radius 1 is 0.714 bits per heavy atom. The van der Waals surface area contributed by atoms with E-state index < -0.39 is 110 Å². The van der Waals surface area contributed by atoms with E-state index >= 15 is 0 Å². The van der Waals surface area contributed by atoms with Crippen molar-refractivity contribution in [3.8, 4) is 0 Å². The van der Waals surface area contributed by atoms with E-state index in [0.29, 0.717) is 12.8 Å². The summed E-state index contributed by atoms with van der Waals surface area (Å²) in [5.74, 6) is -0.703. The molecule has 42 heavy (non-hydrogen) atoms. The second-order valence-electron chi connectivity index (χ2n) is 12.7. The molecule has 3 aliphatic heterocycles. The lowest BCUT2D eigenvalue weighted by atomic mass is 9.84. The Bertz CT molecular complexity index is 871. The van der Waals surface area contributed by atoms with Crippen LogP contribution in [0.15, 0.2) is 0 Å². The lowest BCUT2D eigenvalue weighted by molar-refractivity contribution is -0.297. The molecule has 4 rings (SSSR count). The zero-order chi connectivity index (χ0) is 31.1. The molecular formula is C26H51N5O11. The Balaban J connectivity index is 1.49. The van der Waals surface area contributed by atoms with E-state index in [0.717, 1.165) is 0 Å². The summed E-state index contributed by atoms with van der Waals surface area (Å²) < 4.78 is 35.9. The molecular weight excluding hydrogens is 558 g/mol. The third-order valence-corrected chi connectivity index (χ3v) is 8.89. The highest BCUT2D eigenvalue weighted by Gasteiger charge is 2.53. The van der Waals surface area contributed by atoms with E-state index in [-0.39, 0.29) is 19.1 Å². The predicted molar refractivity (Wildman–Crippen MR) is 146 cm³/mol. The first-order chi connectivity index (χ1) is 19.7. The first-order valence-electron chi connectivity index (χ1n) is 14.7. The average Bonchev–Trinajstić information content (AvgIpc) is 3.23. The van der Waals surface area contributed by atoms with E-state index in [1.165, 1.54) is 0 Å². The van der Waals surface area contributed by atoms with Crippen LogP contribution < -0.4 is 28.7 Å². The van der Waals surface area contributed by atoms with Gasteiger partial charge in [0.25, 0.3) is 0 Å². The largest absolute Gasteiger partial charge is 0.394 e. The molecule has 4 fully saturated rings. The number of rotatable bonds is 9. The summed E-state index contributed by atoms with van der Waals surface area (Å²) in [7, 11) is 0. The van der Waals surface area contributed by atoms with Gasteiger partial charge in [-0.25, -0.2) is 0 Å². The summed E-state index contributed by atoms with van der Waals surface area (Å²) in [5, 5.41) is 53.0. The normalized spacial score (nSPS) is 50.6. The van der Waals surface area contributed by atoms with Gasteiger partial charge in [0.05, 0.1) is 31.0 Å². The Labute approximate surface area is 245 Å². The van der Waals surface area contributed by atoms with E-state index in [9.17, 15) is 25.5 Å². The van der Waals surface area contributed by atoms with Gasteiger partial charge in [-0.3, -0.25) is 0 Å². The summed E-state index contributed by atoms with van der Waals surface area (Å²) in [5.41, 5.74) is 30.2. The minimum Gasteiger partial charge on any atom is -0.394 e. The predicted octanol–water partition coefficient (Wildman–Crippen LogP) is -4.75. The van der Waals surface area contributed by atoms with Gasteiger partial charge >= 0.3 is 0 Å². The van der Waals surface area contributed by atoms with Crippen molar-refractivity contribution >= 4 is 0 Å². The summed E-state index contributed by atoms with van der Waals surface area (Å²) >= 11 is 0. The fourth-order valence-electron chi connectivity index (χ4n) is 6.11. The first kappa shape index (κ1) is 34.2. The summed E-state index contributed by atoms with van der Waals surface area (Å²) in [6.07, 6.45) is -12.7. The molecule has 3 heterocycles. The minimum absolute atomic E-state index is 0.0803. The smallest absolute Gasteiger partial charge is 0.187 e. The van der Waals surface area contributed by atoms with Gasteiger partial charge in [0.2, 0.25) is 0 Å². The van der Waals surface area contributed by atoms with Crippen LogP contribution >= 0.6 is 0 Å². The molecule has 0 spiro atoms. The van der Waals surface area contributed by atoms with E-state index in [2.05, 4.69) is 0 Å². The topological polar surface area (TPSA) is 287 Å². The number of ether oxygens (including phenoxy) is 6. The maximum Gasteiger partial charge on any atom is 0.187 e. The maximum atomic E-state index is 11.2. The molecule has 0 aromatic heterocycles. The van der Waals surface area contributed by atoms with Crippen molar-refractivity contribution < 1.29 is 54.0 Å². The summed E-state index contributed by atoms with van der Waals surface area (Å²) in [6, 6.07) is -1.94. The van der Waals surface area contributed by atoms with Gasteiger partial charge in [-0.2, -0.15) is 0 Å². The van der Waals surface area contributed by atoms with Gasteiger partial charge in [-0.05, 0) is 33.1 Å². The van der Waals surface area contributed by atoms with Crippen molar-refractivity contribution in [1.82, 2.24) is 0 Å². The van der Waals surface area contributed by atoms with Crippen molar-refractivity contribution in [2.45, 2.75) is 144 Å². The van der Waals surface area contributed by atoms with E-state index in [4.69, 9.17) is 57.1 Å². The van der Waals surface area contributed by atoms with Gasteiger partial charge in [-0.1, -0.05) is 6.92 Å². The molecule has 0 bridgehead atoms. The quantitative estimate of drug-likeness (QED) is 0.117. The van der Waals surface area contributed by atoms with Gasteiger partial charge in [0.1, 0.15) is 42.7 Å². The second-order valence-corrected chi connectivity index (χ2v) is 12.7. The summed E-state index contributed by atoms with van der Waals surface area (Å²) in [6.45, 7) is 4.66. The van der Waals surface area contributed by atoms with Crippen LogP contribution in [-0.2, 0) is 28.4 Å². The molecule has 1 saturated carbocycles. The number of hydrogen-bond donors (Lipinski definition) is 10. The van der Waals surface area contributed by atoms with Crippen LogP contribution in [0.25, 0.3) is 0 Å². The van der Waals surface area contributed by atoms with Crippen molar-refractivity contribution in [3.05, 3.63) is 0 Å². The monoisotopic (exact) mass is 609 g/mol. The molecule has 246 valence electrons. The molecule has 16 heteroatoms. The highest BCUT2D eigenvalue weighted by Crippen LogP contribution is 2.35. The first-order valence-corrected chi connectivity index (χ1v) is 14.7. The van der Waals surface area contributed by atoms with Crippen LogP contribution in [0.3, 0.4) is 0 Å². The van der Waals surface area contributed by atoms with E-state index in [1.54, 1.807) is 6.92 Å². The lowest BCUT2D eigenvalue weighted by Crippen LogP contribution is -2.66. The van der Waals surface area contributed by atoms with Crippen LogP contribution in [0.1, 0.15) is 40.0 Å². The van der Waals surface area contributed by atoms with Crippen LogP contribution in [0.4, 0.5) is 0 Å². The van der Waals surface area contributed by atoms with Gasteiger partial charge < -0.3 is 82.6 Å². The van der Waals surface area contributed by atoms with Crippen molar-refractivity contribution in [3.63, 3.8) is 0 Å². The molecule has 0 aromatic carbocycles. The molecule has 0 radical (unpaired) electrons. The summed E-state index contributed by atoms with van der Waals surface area (Å²) in [4.78, 5) is 0. The molecule has 0 amide bonds. The van der Waals surface area contributed by atoms with Crippen LogP contribution in [0, 0.1) is 5.92 Å². The standard InChI is InChI=1S/C26H51N5O11/c1-9-16(33)18(35)13(7-27)37-23(9)41-21-14(8-32)38-25(19(21)36)42-22-17(34)11(29)6-12(30)20(22)40-24-10(28)4-5-15(39-24)26(2,3)31/h9-25,32-36H,4-8,27-31H2,1-3H3/t9-,10-,11-,12+,13+,14-,15+,16-,17+,18-,19-,20-,21-,22-,23?,24-,25+/m1/s1. The fraction of sp³-hybridized carbons (Fsp3) is 1.00. The van der Waals surface area contributed by atoms with Crippen LogP contribution in [-0.4, -0.2) is 142 Å². The molecule has 15 N–H and O–H groups in total. The Kier molecular flexibility index (Phi) is 11.2. The Hall–Kier alpha value is -0.640. The van der Waals surface area contributed by atoms with Crippen LogP contribution in [0.5, 0.6) is 0 Å². The highest BCUT2D eigenvalue weighted by molar-refractivity contribution is 5.01. The number of nitrogens with two attached hydrogens (primary N) is 5. The molecule has 16 nitrogen and oxygen atoms in total. The Morgan fingerprint density at radius 3 is 1.95 bits per heavy atom. The van der Waals surface area contributed by atoms with Crippen molar-refractivity contribution in [2.24, 2.45) is 34.6 Å². The highest BCUT2D eigenvalue weighted by atomic mass is 16.8. The molecule has 4 aliphatic rings. The molecule has 3 saturated heterocycles. The van der Waals surface area contributed by atoms with Gasteiger partial charge in [0.15, 0.2) is 18.9 Å². The average molecular weight is 610 g/mol. The second kappa shape index (κ2) is 13.8. The number of aliphatic hydroxyl groups is 5. The molecule has 1 aliphatic carbocycles. The lowest BCUT2D eigenvalue weighted by Gasteiger charge is -2.47. The van der Waals surface area contributed by atoms with E-state index in [1.807, 2.05) is 13.8 Å². The van der Waals surface area contributed by atoms with Crippen molar-refractivity contribution in [2.75, 3.05) is 13.2 Å². The zero-order valence-electron chi connectivity index (χ0n) is 24.4. The SMILES string of the molecule is C[C@H]1C(O[C@H]2[C@@H](O)[C@H](O[C@@H]3[C@@H](O)[C@H](N)C[C@H](N)[C@H]3O[C@H]3O[C@H](C(C)(C)N)CC[C@H]3N)O[C@@H]2CO)O[C@@H](CN)[C@@H](O)[C@@H]1O. The number of hydrogen-bond acceptors (Lipinski definition) is 16. The third-order valence-electron chi connectivity index (χ3n) is 8.89. The number of aliphatic hydroxyl groups excluding tert-OH is 5. The molecule has 1 unspecified atom stereocenters. The zero-order valence-corrected chi connectivity index (χ0v) is 24.4. The maximum absolute atomic E-state index is 11.2. The molecule has 0 aromatic rings. The van der Waals surface area contributed by atoms with Crippen LogP contribution in [0.2, 0.25) is 0 Å². The third kappa shape index (κ3) is 7.09. The fourth-order valence-corrected chi connectivity index (χ4v) is 6.11. The minimum atomic E-state index is -1.48. The van der Waals surface area contributed by atoms with Gasteiger partial charge in [-0.15, -0.1) is 0 Å².